The highest BCUT2D eigenvalue weighted by Gasteiger charge is 2.29. The van der Waals surface area contributed by atoms with E-state index >= 15 is 0 Å². The van der Waals surface area contributed by atoms with Gasteiger partial charge in [0.25, 0.3) is 0 Å². The van der Waals surface area contributed by atoms with Crippen LogP contribution in [0.5, 0.6) is 0 Å². The maximum absolute atomic E-state index is 10.9. The second kappa shape index (κ2) is 10.6. The lowest BCUT2D eigenvalue weighted by atomic mass is 10.0. The van der Waals surface area contributed by atoms with Gasteiger partial charge in [0.2, 0.25) is 10.0 Å². The maximum atomic E-state index is 10.9. The summed E-state index contributed by atoms with van der Waals surface area (Å²) in [7, 11) is -3.10. The summed E-state index contributed by atoms with van der Waals surface area (Å²) in [5.41, 5.74) is -0.153. The first-order valence-corrected chi connectivity index (χ1v) is 9.34. The standard InChI is InChI=1S/C13H28N4O3S.HI/c1-4-14-12(15-8-6-9-17-21(3,18)19)16-11-13(2)7-5-10-20-13;/h17H,4-11H2,1-3H3,(H2,14,15,16);1H. The van der Waals surface area contributed by atoms with Crippen LogP contribution in [0.15, 0.2) is 4.99 Å². The highest BCUT2D eigenvalue weighted by Crippen LogP contribution is 2.24. The average molecular weight is 448 g/mol. The fraction of sp³-hybridized carbons (Fsp3) is 0.923. The Kier molecular flexibility index (Phi) is 10.5. The predicted molar refractivity (Wildman–Crippen MR) is 100 cm³/mol. The van der Waals surface area contributed by atoms with Gasteiger partial charge in [-0.25, -0.2) is 13.1 Å². The number of hydrogen-bond acceptors (Lipinski definition) is 4. The molecule has 0 spiro atoms. The predicted octanol–water partition coefficient (Wildman–Crippen LogP) is 0.668. The van der Waals surface area contributed by atoms with Gasteiger partial charge in [0.05, 0.1) is 18.4 Å². The third-order valence-electron chi connectivity index (χ3n) is 3.23. The number of halogens is 1. The van der Waals surface area contributed by atoms with Crippen molar-refractivity contribution in [3.8, 4) is 0 Å². The second-order valence-electron chi connectivity index (χ2n) is 5.54. The summed E-state index contributed by atoms with van der Waals surface area (Å²) in [4.78, 5) is 4.54. The second-order valence-corrected chi connectivity index (χ2v) is 7.38. The van der Waals surface area contributed by atoms with E-state index in [4.69, 9.17) is 4.74 Å². The molecule has 0 aromatic heterocycles. The monoisotopic (exact) mass is 448 g/mol. The highest BCUT2D eigenvalue weighted by atomic mass is 127. The number of hydrogen-bond donors (Lipinski definition) is 3. The van der Waals surface area contributed by atoms with Crippen molar-refractivity contribution in [2.45, 2.75) is 38.7 Å². The molecular weight excluding hydrogens is 419 g/mol. The minimum absolute atomic E-state index is 0. The van der Waals surface area contributed by atoms with Crippen LogP contribution in [0, 0.1) is 0 Å². The lowest BCUT2D eigenvalue weighted by Crippen LogP contribution is -2.40. The fourth-order valence-electron chi connectivity index (χ4n) is 2.10. The SMILES string of the molecule is CCNC(=NCC1(C)CCCO1)NCCCNS(C)(=O)=O.I. The molecule has 0 bridgehead atoms. The Bertz CT molecular complexity index is 437. The largest absolute Gasteiger partial charge is 0.373 e. The van der Waals surface area contributed by atoms with Crippen LogP contribution in [0.4, 0.5) is 0 Å². The van der Waals surface area contributed by atoms with Gasteiger partial charge in [-0.2, -0.15) is 0 Å². The van der Waals surface area contributed by atoms with Gasteiger partial charge in [0.1, 0.15) is 0 Å². The Hall–Kier alpha value is -0.130. The summed E-state index contributed by atoms with van der Waals surface area (Å²) in [6, 6.07) is 0. The molecule has 1 aliphatic rings. The van der Waals surface area contributed by atoms with Crippen LogP contribution in [0.1, 0.15) is 33.1 Å². The lowest BCUT2D eigenvalue weighted by Gasteiger charge is -2.21. The molecule has 3 N–H and O–H groups in total. The van der Waals surface area contributed by atoms with E-state index in [0.717, 1.165) is 38.2 Å². The van der Waals surface area contributed by atoms with Crippen molar-refractivity contribution in [1.82, 2.24) is 15.4 Å². The first-order valence-electron chi connectivity index (χ1n) is 7.45. The van der Waals surface area contributed by atoms with Gasteiger partial charge in [-0.3, -0.25) is 4.99 Å². The van der Waals surface area contributed by atoms with E-state index in [9.17, 15) is 8.42 Å². The fourth-order valence-corrected chi connectivity index (χ4v) is 2.62. The number of sulfonamides is 1. The van der Waals surface area contributed by atoms with Crippen molar-refractivity contribution in [1.29, 1.82) is 0 Å². The molecule has 1 aliphatic heterocycles. The number of aliphatic imine (C=N–C) groups is 1. The quantitative estimate of drug-likeness (QED) is 0.220. The van der Waals surface area contributed by atoms with E-state index in [0.29, 0.717) is 26.1 Å². The number of nitrogens with one attached hydrogen (secondary N) is 3. The van der Waals surface area contributed by atoms with Crippen molar-refractivity contribution in [3.05, 3.63) is 0 Å². The van der Waals surface area contributed by atoms with Crippen LogP contribution in [0.2, 0.25) is 0 Å². The molecule has 1 fully saturated rings. The first kappa shape index (κ1) is 21.9. The van der Waals surface area contributed by atoms with Crippen molar-refractivity contribution in [3.63, 3.8) is 0 Å². The molecule has 9 heteroatoms. The number of nitrogens with zero attached hydrogens (tertiary/aromatic N) is 1. The topological polar surface area (TPSA) is 91.8 Å². The summed E-state index contributed by atoms with van der Waals surface area (Å²) >= 11 is 0. The zero-order chi connectivity index (χ0) is 15.8. The van der Waals surface area contributed by atoms with Crippen molar-refractivity contribution in [2.75, 3.05) is 39.0 Å². The molecule has 132 valence electrons. The van der Waals surface area contributed by atoms with Crippen LogP contribution in [0.25, 0.3) is 0 Å². The molecule has 7 nitrogen and oxygen atoms in total. The van der Waals surface area contributed by atoms with Crippen LogP contribution < -0.4 is 15.4 Å². The smallest absolute Gasteiger partial charge is 0.208 e. The molecule has 1 heterocycles. The van der Waals surface area contributed by atoms with Gasteiger partial charge in [-0.15, -0.1) is 24.0 Å². The first-order chi connectivity index (χ1) is 9.85. The summed E-state index contributed by atoms with van der Waals surface area (Å²) in [5.74, 6) is 0.744. The maximum Gasteiger partial charge on any atom is 0.208 e. The molecule has 1 atom stereocenters. The number of ether oxygens (including phenoxy) is 1. The Balaban J connectivity index is 0.00000441. The van der Waals surface area contributed by atoms with Gasteiger partial charge in [0.15, 0.2) is 5.96 Å². The average Bonchev–Trinajstić information content (AvgIpc) is 2.81. The third-order valence-corrected chi connectivity index (χ3v) is 3.96. The zero-order valence-electron chi connectivity index (χ0n) is 13.6. The van der Waals surface area contributed by atoms with Gasteiger partial charge >= 0.3 is 0 Å². The van der Waals surface area contributed by atoms with Gasteiger partial charge in [0, 0.05) is 26.2 Å². The number of rotatable bonds is 8. The normalized spacial score (nSPS) is 22.2. The summed E-state index contributed by atoms with van der Waals surface area (Å²) in [6.07, 6.45) is 3.99. The molecule has 1 rings (SSSR count). The van der Waals surface area contributed by atoms with E-state index in [2.05, 4.69) is 27.3 Å². The minimum Gasteiger partial charge on any atom is -0.373 e. The van der Waals surface area contributed by atoms with Crippen LogP contribution >= 0.6 is 24.0 Å². The van der Waals surface area contributed by atoms with Gasteiger partial charge in [-0.05, 0) is 33.1 Å². The Morgan fingerprint density at radius 3 is 2.59 bits per heavy atom. The van der Waals surface area contributed by atoms with E-state index in [1.807, 2.05) is 6.92 Å². The van der Waals surface area contributed by atoms with Gasteiger partial charge in [-0.1, -0.05) is 0 Å². The van der Waals surface area contributed by atoms with Crippen molar-refractivity contribution >= 4 is 40.0 Å². The molecule has 0 aromatic carbocycles. The Morgan fingerprint density at radius 2 is 2.05 bits per heavy atom. The molecule has 0 amide bonds. The lowest BCUT2D eigenvalue weighted by molar-refractivity contribution is 0.0283. The third kappa shape index (κ3) is 9.80. The molecule has 22 heavy (non-hydrogen) atoms. The van der Waals surface area contributed by atoms with Crippen molar-refractivity contribution < 1.29 is 13.2 Å². The molecule has 0 aromatic rings. The van der Waals surface area contributed by atoms with E-state index in [1.165, 1.54) is 0 Å². The summed E-state index contributed by atoms with van der Waals surface area (Å²) in [5, 5.41) is 6.37. The van der Waals surface area contributed by atoms with Crippen LogP contribution in [0.3, 0.4) is 0 Å². The van der Waals surface area contributed by atoms with E-state index in [1.54, 1.807) is 0 Å². The summed E-state index contributed by atoms with van der Waals surface area (Å²) in [6.45, 7) is 7.40. The Morgan fingerprint density at radius 1 is 1.32 bits per heavy atom. The molecule has 1 saturated heterocycles. The zero-order valence-corrected chi connectivity index (χ0v) is 16.8. The number of guanidine groups is 1. The van der Waals surface area contributed by atoms with Gasteiger partial charge < -0.3 is 15.4 Å². The molecule has 0 saturated carbocycles. The molecule has 0 radical (unpaired) electrons. The highest BCUT2D eigenvalue weighted by molar-refractivity contribution is 14.0. The van der Waals surface area contributed by atoms with E-state index < -0.39 is 10.0 Å². The van der Waals surface area contributed by atoms with Crippen LogP contribution in [-0.2, 0) is 14.8 Å². The molecule has 0 aliphatic carbocycles. The van der Waals surface area contributed by atoms with Crippen molar-refractivity contribution in [2.24, 2.45) is 4.99 Å². The molecular formula is C13H29IN4O3S. The molecule has 1 unspecified atom stereocenters. The van der Waals surface area contributed by atoms with Crippen LogP contribution in [-0.4, -0.2) is 59.0 Å². The Labute approximate surface area is 151 Å². The van der Waals surface area contributed by atoms with E-state index in [-0.39, 0.29) is 29.6 Å². The minimum atomic E-state index is -3.10. The summed E-state index contributed by atoms with van der Waals surface area (Å²) < 4.78 is 30.0.